The number of hydrogen-bond acceptors (Lipinski definition) is 4. The number of nitrogens with one attached hydrogen (secondary N) is 2. The third-order valence-corrected chi connectivity index (χ3v) is 4.37. The highest BCUT2D eigenvalue weighted by molar-refractivity contribution is 5.75. The first-order valence-electron chi connectivity index (χ1n) is 8.38. The maximum absolute atomic E-state index is 12.1. The van der Waals surface area contributed by atoms with Crippen molar-refractivity contribution in [3.8, 4) is 5.75 Å². The van der Waals surface area contributed by atoms with Crippen LogP contribution in [0.25, 0.3) is 0 Å². The molecule has 2 N–H and O–H groups in total. The lowest BCUT2D eigenvalue weighted by Crippen LogP contribution is -2.37. The van der Waals surface area contributed by atoms with Gasteiger partial charge in [-0.3, -0.25) is 0 Å². The van der Waals surface area contributed by atoms with Gasteiger partial charge in [-0.1, -0.05) is 18.2 Å². The summed E-state index contributed by atoms with van der Waals surface area (Å²) >= 11 is 0. The number of para-hydroxylation sites is 1. The second-order valence-electron chi connectivity index (χ2n) is 6.43. The van der Waals surface area contributed by atoms with Crippen molar-refractivity contribution in [1.82, 2.24) is 15.6 Å². The molecule has 6 heteroatoms. The summed E-state index contributed by atoms with van der Waals surface area (Å²) in [6.07, 6.45) is 2.69. The highest BCUT2D eigenvalue weighted by atomic mass is 16.5. The van der Waals surface area contributed by atoms with Crippen molar-refractivity contribution in [2.75, 3.05) is 26.1 Å². The van der Waals surface area contributed by atoms with E-state index in [4.69, 9.17) is 4.74 Å². The Kier molecular flexibility index (Phi) is 5.07. The SMILES string of the molecule is COc1ccccc1[C@H]1C[C@H]1NC(=O)NCc1ccnc(N(C)C)c1. The number of methoxy groups -OCH3 is 1. The van der Waals surface area contributed by atoms with Crippen LogP contribution in [0.1, 0.15) is 23.5 Å². The van der Waals surface area contributed by atoms with Gasteiger partial charge in [0.1, 0.15) is 11.6 Å². The molecule has 1 saturated carbocycles. The molecule has 0 spiro atoms. The molecule has 2 atom stereocenters. The number of amides is 2. The number of urea groups is 1. The number of pyridine rings is 1. The largest absolute Gasteiger partial charge is 0.496 e. The molecule has 1 heterocycles. The van der Waals surface area contributed by atoms with Gasteiger partial charge < -0.3 is 20.3 Å². The molecule has 2 amide bonds. The molecule has 1 aliphatic carbocycles. The Morgan fingerprint density at radius 3 is 2.88 bits per heavy atom. The van der Waals surface area contributed by atoms with Crippen LogP contribution in [0.4, 0.5) is 10.6 Å². The van der Waals surface area contributed by atoms with Crippen LogP contribution >= 0.6 is 0 Å². The first kappa shape index (κ1) is 17.1. The predicted molar refractivity (Wildman–Crippen MR) is 98.1 cm³/mol. The summed E-state index contributed by atoms with van der Waals surface area (Å²) < 4.78 is 5.40. The third-order valence-electron chi connectivity index (χ3n) is 4.37. The fraction of sp³-hybridized carbons (Fsp3) is 0.368. The van der Waals surface area contributed by atoms with Crippen molar-refractivity contribution in [3.05, 3.63) is 53.7 Å². The zero-order chi connectivity index (χ0) is 17.8. The highest BCUT2D eigenvalue weighted by Gasteiger charge is 2.41. The summed E-state index contributed by atoms with van der Waals surface area (Å²) in [6.45, 7) is 0.473. The molecule has 1 fully saturated rings. The summed E-state index contributed by atoms with van der Waals surface area (Å²) in [5, 5.41) is 5.94. The molecule has 1 aliphatic rings. The van der Waals surface area contributed by atoms with Gasteiger partial charge in [-0.25, -0.2) is 9.78 Å². The molecule has 2 aromatic rings. The number of carbonyl (C=O) groups is 1. The Hall–Kier alpha value is -2.76. The molecule has 0 unspecified atom stereocenters. The molecular weight excluding hydrogens is 316 g/mol. The smallest absolute Gasteiger partial charge is 0.315 e. The average molecular weight is 340 g/mol. The number of aromatic nitrogens is 1. The first-order valence-corrected chi connectivity index (χ1v) is 8.38. The van der Waals surface area contributed by atoms with Gasteiger partial charge in [0.05, 0.1) is 7.11 Å². The van der Waals surface area contributed by atoms with E-state index in [-0.39, 0.29) is 12.1 Å². The molecule has 25 heavy (non-hydrogen) atoms. The van der Waals surface area contributed by atoms with Crippen molar-refractivity contribution in [3.63, 3.8) is 0 Å². The minimum absolute atomic E-state index is 0.148. The topological polar surface area (TPSA) is 66.5 Å². The summed E-state index contributed by atoms with van der Waals surface area (Å²) in [5.41, 5.74) is 2.17. The maximum atomic E-state index is 12.1. The predicted octanol–water partition coefficient (Wildman–Crippen LogP) is 2.51. The second kappa shape index (κ2) is 7.42. The number of anilines is 1. The minimum atomic E-state index is -0.148. The van der Waals surface area contributed by atoms with Crippen molar-refractivity contribution in [2.24, 2.45) is 0 Å². The van der Waals surface area contributed by atoms with Gasteiger partial charge in [-0.2, -0.15) is 0 Å². The number of ether oxygens (including phenoxy) is 1. The fourth-order valence-electron chi connectivity index (χ4n) is 2.89. The van der Waals surface area contributed by atoms with Gasteiger partial charge in [0.25, 0.3) is 0 Å². The monoisotopic (exact) mass is 340 g/mol. The number of nitrogens with zero attached hydrogens (tertiary/aromatic N) is 2. The highest BCUT2D eigenvalue weighted by Crippen LogP contribution is 2.44. The van der Waals surface area contributed by atoms with Crippen molar-refractivity contribution < 1.29 is 9.53 Å². The Balaban J connectivity index is 1.50. The minimum Gasteiger partial charge on any atom is -0.496 e. The summed E-state index contributed by atoms with van der Waals surface area (Å²) in [6, 6.07) is 11.9. The van der Waals surface area contributed by atoms with Gasteiger partial charge in [0.2, 0.25) is 0 Å². The summed E-state index contributed by atoms with van der Waals surface area (Å²) in [7, 11) is 5.56. The first-order chi connectivity index (χ1) is 12.1. The standard InChI is InChI=1S/C19H24N4O2/c1-23(2)18-10-13(8-9-20-18)12-21-19(24)22-16-11-15(16)14-6-4-5-7-17(14)25-3/h4-10,15-16H,11-12H2,1-3H3,(H2,21,22,24)/t15-,16-/m1/s1. The van der Waals surface area contributed by atoms with E-state index in [9.17, 15) is 4.79 Å². The molecule has 1 aromatic heterocycles. The van der Waals surface area contributed by atoms with Crippen LogP contribution in [0.3, 0.4) is 0 Å². The lowest BCUT2D eigenvalue weighted by atomic mass is 10.1. The second-order valence-corrected chi connectivity index (χ2v) is 6.43. The van der Waals surface area contributed by atoms with Crippen LogP contribution in [0.15, 0.2) is 42.6 Å². The van der Waals surface area contributed by atoms with E-state index in [2.05, 4.69) is 21.7 Å². The molecule has 1 aromatic carbocycles. The molecular formula is C19H24N4O2. The van der Waals surface area contributed by atoms with Crippen LogP contribution in [0.5, 0.6) is 5.75 Å². The Bertz CT molecular complexity index is 748. The van der Waals surface area contributed by atoms with Gasteiger partial charge in [0, 0.05) is 38.8 Å². The van der Waals surface area contributed by atoms with Crippen molar-refractivity contribution in [2.45, 2.75) is 24.9 Å². The van der Waals surface area contributed by atoms with Gasteiger partial charge in [-0.05, 0) is 35.7 Å². The van der Waals surface area contributed by atoms with Crippen LogP contribution in [-0.2, 0) is 6.54 Å². The van der Waals surface area contributed by atoms with Crippen molar-refractivity contribution in [1.29, 1.82) is 0 Å². The number of rotatable bonds is 6. The zero-order valence-corrected chi connectivity index (χ0v) is 14.8. The maximum Gasteiger partial charge on any atom is 0.315 e. The number of carbonyl (C=O) groups excluding carboxylic acids is 1. The molecule has 3 rings (SSSR count). The van der Waals surface area contributed by atoms with Crippen LogP contribution in [0.2, 0.25) is 0 Å². The summed E-state index contributed by atoms with van der Waals surface area (Å²) in [5.74, 6) is 2.08. The number of benzene rings is 1. The van der Waals surface area contributed by atoms with E-state index in [0.29, 0.717) is 12.5 Å². The molecule has 0 aliphatic heterocycles. The Morgan fingerprint density at radius 1 is 1.32 bits per heavy atom. The number of hydrogen-bond donors (Lipinski definition) is 2. The zero-order valence-electron chi connectivity index (χ0n) is 14.8. The Morgan fingerprint density at radius 2 is 2.12 bits per heavy atom. The normalized spacial score (nSPS) is 18.4. The van der Waals surface area contributed by atoms with E-state index in [1.54, 1.807) is 13.3 Å². The van der Waals surface area contributed by atoms with Crippen molar-refractivity contribution >= 4 is 11.8 Å². The van der Waals surface area contributed by atoms with Gasteiger partial charge in [0.15, 0.2) is 0 Å². The fourth-order valence-corrected chi connectivity index (χ4v) is 2.89. The lowest BCUT2D eigenvalue weighted by molar-refractivity contribution is 0.240. The van der Waals surface area contributed by atoms with Crippen LogP contribution < -0.4 is 20.3 Å². The van der Waals surface area contributed by atoms with E-state index in [1.165, 1.54) is 0 Å². The molecule has 0 bridgehead atoms. The molecule has 0 saturated heterocycles. The molecule has 0 radical (unpaired) electrons. The van der Waals surface area contributed by atoms with Crippen LogP contribution in [-0.4, -0.2) is 38.3 Å². The third kappa shape index (κ3) is 4.21. The molecule has 132 valence electrons. The van der Waals surface area contributed by atoms with E-state index >= 15 is 0 Å². The van der Waals surface area contributed by atoms with E-state index in [0.717, 1.165) is 29.1 Å². The van der Waals surface area contributed by atoms with E-state index in [1.807, 2.05) is 49.3 Å². The lowest BCUT2D eigenvalue weighted by Gasteiger charge is -2.13. The average Bonchev–Trinajstić information content (AvgIpc) is 3.39. The van der Waals surface area contributed by atoms with Crippen LogP contribution in [0, 0.1) is 0 Å². The quantitative estimate of drug-likeness (QED) is 0.848. The van der Waals surface area contributed by atoms with Gasteiger partial charge >= 0.3 is 6.03 Å². The van der Waals surface area contributed by atoms with E-state index < -0.39 is 0 Å². The van der Waals surface area contributed by atoms with Gasteiger partial charge in [-0.15, -0.1) is 0 Å². The Labute approximate surface area is 148 Å². The summed E-state index contributed by atoms with van der Waals surface area (Å²) in [4.78, 5) is 18.3. The molecule has 6 nitrogen and oxygen atoms in total.